The second-order valence-corrected chi connectivity index (χ2v) is 10.9. The molecule has 0 N–H and O–H groups in total. The summed E-state index contributed by atoms with van der Waals surface area (Å²) in [5.41, 5.74) is 4.35. The van der Waals surface area contributed by atoms with Crippen LogP contribution >= 0.6 is 11.3 Å². The summed E-state index contributed by atoms with van der Waals surface area (Å²) in [5.74, 6) is 0. The minimum Gasteiger partial charge on any atom is -0.302 e. The molecule has 0 fully saturated rings. The Kier molecular flexibility index (Phi) is 5.04. The number of hydrogen-bond acceptors (Lipinski definition) is 5. The highest BCUT2D eigenvalue weighted by molar-refractivity contribution is 7.92. The lowest BCUT2D eigenvalue weighted by Crippen LogP contribution is -2.23. The van der Waals surface area contributed by atoms with Crippen LogP contribution in [0.2, 0.25) is 0 Å². The third-order valence-electron chi connectivity index (χ3n) is 5.70. The fourth-order valence-electron chi connectivity index (χ4n) is 4.04. The monoisotopic (exact) mass is 449 g/mol. The van der Waals surface area contributed by atoms with E-state index in [1.54, 1.807) is 13.1 Å². The van der Waals surface area contributed by atoms with Gasteiger partial charge in [-0.15, -0.1) is 11.3 Å². The number of benzene rings is 2. The molecule has 0 amide bonds. The highest BCUT2D eigenvalue weighted by atomic mass is 32.2. The van der Waals surface area contributed by atoms with E-state index >= 15 is 0 Å². The van der Waals surface area contributed by atoms with Gasteiger partial charge in [-0.2, -0.15) is 8.42 Å². The van der Waals surface area contributed by atoms with Gasteiger partial charge < -0.3 is 4.90 Å². The molecule has 31 heavy (non-hydrogen) atoms. The van der Waals surface area contributed by atoms with Gasteiger partial charge in [0.1, 0.15) is 5.01 Å². The number of fused-ring (bicyclic) bond motifs is 1. The number of thiazole rings is 1. The summed E-state index contributed by atoms with van der Waals surface area (Å²) < 4.78 is 29.3. The van der Waals surface area contributed by atoms with E-state index in [0.29, 0.717) is 16.2 Å². The smallest absolute Gasteiger partial charge is 0.279 e. The van der Waals surface area contributed by atoms with E-state index in [-0.39, 0.29) is 4.21 Å². The first-order valence-electron chi connectivity index (χ1n) is 10.2. The van der Waals surface area contributed by atoms with Crippen molar-refractivity contribution in [2.24, 2.45) is 0 Å². The molecule has 4 aromatic rings. The normalized spacial score (nSPS) is 15.4. The number of rotatable bonds is 4. The molecule has 3 heterocycles. The van der Waals surface area contributed by atoms with Crippen LogP contribution in [0.1, 0.15) is 17.7 Å². The molecule has 0 saturated carbocycles. The largest absolute Gasteiger partial charge is 0.302 e. The number of para-hydroxylation sites is 1. The second kappa shape index (κ2) is 7.75. The Bertz CT molecular complexity index is 1400. The van der Waals surface area contributed by atoms with Crippen LogP contribution in [-0.4, -0.2) is 42.4 Å². The van der Waals surface area contributed by atoms with Gasteiger partial charge in [0, 0.05) is 35.8 Å². The quantitative estimate of drug-likeness (QED) is 0.439. The van der Waals surface area contributed by atoms with Crippen molar-refractivity contribution >= 4 is 37.8 Å². The van der Waals surface area contributed by atoms with Crippen LogP contribution in [0, 0.1) is 6.92 Å². The molecule has 7 heteroatoms. The van der Waals surface area contributed by atoms with Crippen molar-refractivity contribution in [2.75, 3.05) is 20.1 Å². The minimum absolute atomic E-state index is 0.288. The SMILES string of the molecule is Cc1nc(-c2ccccc2)sc1S(=O)(=O)n1cc(C2=CCN(C)CC2)c2ccccc21. The van der Waals surface area contributed by atoms with Crippen LogP contribution in [0.4, 0.5) is 0 Å². The number of aryl methyl sites for hydroxylation is 1. The summed E-state index contributed by atoms with van der Waals surface area (Å²) in [6, 6.07) is 17.4. The molecule has 2 aromatic carbocycles. The third kappa shape index (κ3) is 3.52. The maximum Gasteiger partial charge on any atom is 0.279 e. The zero-order valence-electron chi connectivity index (χ0n) is 17.4. The molecule has 0 unspecified atom stereocenters. The predicted molar refractivity (Wildman–Crippen MR) is 127 cm³/mol. The molecule has 0 spiro atoms. The molecule has 0 radical (unpaired) electrons. The van der Waals surface area contributed by atoms with Gasteiger partial charge in [0.2, 0.25) is 0 Å². The molecular formula is C24H23N3O2S2. The molecular weight excluding hydrogens is 426 g/mol. The molecule has 5 nitrogen and oxygen atoms in total. The predicted octanol–water partition coefficient (Wildman–Crippen LogP) is 5.03. The second-order valence-electron chi connectivity index (χ2n) is 7.86. The fraction of sp³-hybridized carbons (Fsp3) is 0.208. The molecule has 0 aliphatic carbocycles. The average molecular weight is 450 g/mol. The van der Waals surface area contributed by atoms with Crippen LogP contribution in [-0.2, 0) is 10.0 Å². The number of aromatic nitrogens is 2. The van der Waals surface area contributed by atoms with Gasteiger partial charge in [-0.05, 0) is 32.0 Å². The van der Waals surface area contributed by atoms with Crippen molar-refractivity contribution in [3.63, 3.8) is 0 Å². The molecule has 2 aromatic heterocycles. The highest BCUT2D eigenvalue weighted by Crippen LogP contribution is 2.36. The zero-order chi connectivity index (χ0) is 21.6. The van der Waals surface area contributed by atoms with E-state index in [1.807, 2.05) is 54.6 Å². The van der Waals surface area contributed by atoms with E-state index in [9.17, 15) is 8.42 Å². The lowest BCUT2D eigenvalue weighted by Gasteiger charge is -2.21. The minimum atomic E-state index is -3.78. The summed E-state index contributed by atoms with van der Waals surface area (Å²) >= 11 is 1.23. The van der Waals surface area contributed by atoms with Gasteiger partial charge >= 0.3 is 0 Å². The van der Waals surface area contributed by atoms with Crippen LogP contribution in [0.5, 0.6) is 0 Å². The molecule has 0 atom stereocenters. The molecule has 5 rings (SSSR count). The fourth-order valence-corrected chi connectivity index (χ4v) is 7.00. The highest BCUT2D eigenvalue weighted by Gasteiger charge is 2.27. The summed E-state index contributed by atoms with van der Waals surface area (Å²) in [7, 11) is -1.68. The van der Waals surface area contributed by atoms with Crippen molar-refractivity contribution in [1.82, 2.24) is 13.9 Å². The topological polar surface area (TPSA) is 55.2 Å². The first-order chi connectivity index (χ1) is 14.9. The third-order valence-corrected chi connectivity index (χ3v) is 9.17. The maximum atomic E-state index is 13.8. The molecule has 0 bridgehead atoms. The summed E-state index contributed by atoms with van der Waals surface area (Å²) in [6.45, 7) is 3.60. The first kappa shape index (κ1) is 20.2. The first-order valence-corrected chi connectivity index (χ1v) is 12.5. The van der Waals surface area contributed by atoms with E-state index in [1.165, 1.54) is 20.9 Å². The Morgan fingerprint density at radius 1 is 1.03 bits per heavy atom. The van der Waals surface area contributed by atoms with Gasteiger partial charge in [0.05, 0.1) is 11.2 Å². The van der Waals surface area contributed by atoms with Crippen LogP contribution < -0.4 is 0 Å². The molecule has 1 aliphatic heterocycles. The van der Waals surface area contributed by atoms with Crippen LogP contribution in [0.25, 0.3) is 27.0 Å². The average Bonchev–Trinajstić information content (AvgIpc) is 3.37. The van der Waals surface area contributed by atoms with Gasteiger partial charge in [0.25, 0.3) is 10.0 Å². The van der Waals surface area contributed by atoms with Crippen molar-refractivity contribution in [1.29, 1.82) is 0 Å². The molecule has 0 saturated heterocycles. The van der Waals surface area contributed by atoms with Crippen LogP contribution in [0.15, 0.2) is 71.1 Å². The number of hydrogen-bond donors (Lipinski definition) is 0. The van der Waals surface area contributed by atoms with E-state index in [2.05, 4.69) is 23.0 Å². The Balaban J connectivity index is 1.65. The maximum absolute atomic E-state index is 13.8. The standard InChI is InChI=1S/C24H23N3O2S2/c1-17-24(30-23(25-17)19-8-4-3-5-9-19)31(28,29)27-16-21(18-12-14-26(2)15-13-18)20-10-6-7-11-22(20)27/h3-12,16H,13-15H2,1-2H3. The zero-order valence-corrected chi connectivity index (χ0v) is 19.1. The van der Waals surface area contributed by atoms with Gasteiger partial charge in [-0.1, -0.05) is 54.6 Å². The Labute approximate surface area is 186 Å². The Hall–Kier alpha value is -2.74. The lowest BCUT2D eigenvalue weighted by atomic mass is 9.99. The number of nitrogens with zero attached hydrogens (tertiary/aromatic N) is 3. The van der Waals surface area contributed by atoms with Gasteiger partial charge in [-0.25, -0.2) is 8.96 Å². The summed E-state index contributed by atoms with van der Waals surface area (Å²) in [6.07, 6.45) is 4.90. The van der Waals surface area contributed by atoms with Gasteiger partial charge in [-0.3, -0.25) is 0 Å². The Morgan fingerprint density at radius 2 is 1.77 bits per heavy atom. The summed E-state index contributed by atoms with van der Waals surface area (Å²) in [5, 5.41) is 1.68. The van der Waals surface area contributed by atoms with Crippen LogP contribution in [0.3, 0.4) is 0 Å². The van der Waals surface area contributed by atoms with E-state index in [0.717, 1.165) is 36.0 Å². The Morgan fingerprint density at radius 3 is 2.52 bits per heavy atom. The number of likely N-dealkylation sites (N-methyl/N-ethyl adjacent to an activating group) is 1. The van der Waals surface area contributed by atoms with E-state index in [4.69, 9.17) is 0 Å². The lowest BCUT2D eigenvalue weighted by molar-refractivity contribution is 0.370. The van der Waals surface area contributed by atoms with E-state index < -0.39 is 10.0 Å². The van der Waals surface area contributed by atoms with Crippen molar-refractivity contribution in [3.05, 3.63) is 78.1 Å². The van der Waals surface area contributed by atoms with Crippen molar-refractivity contribution in [3.8, 4) is 10.6 Å². The van der Waals surface area contributed by atoms with Crippen molar-refractivity contribution in [2.45, 2.75) is 17.6 Å². The van der Waals surface area contributed by atoms with Crippen molar-refractivity contribution < 1.29 is 8.42 Å². The summed E-state index contributed by atoms with van der Waals surface area (Å²) in [4.78, 5) is 6.82. The molecule has 158 valence electrons. The molecule has 1 aliphatic rings. The van der Waals surface area contributed by atoms with Gasteiger partial charge in [0.15, 0.2) is 4.21 Å².